The van der Waals surface area contributed by atoms with Crippen LogP contribution in [0.1, 0.15) is 18.2 Å². The molecule has 0 bridgehead atoms. The van der Waals surface area contributed by atoms with Crippen molar-refractivity contribution in [2.75, 3.05) is 6.54 Å². The Morgan fingerprint density at radius 3 is 2.79 bits per heavy atom. The number of aromatic nitrogens is 2. The van der Waals surface area contributed by atoms with Crippen LogP contribution in [0.4, 0.5) is 0 Å². The largest absolute Gasteiger partial charge is 0.507 e. The van der Waals surface area contributed by atoms with E-state index in [1.54, 1.807) is 18.2 Å². The molecule has 0 aliphatic rings. The molecule has 0 spiro atoms. The molecule has 0 saturated carbocycles. The maximum atomic E-state index is 11.1. The maximum absolute atomic E-state index is 11.1. The summed E-state index contributed by atoms with van der Waals surface area (Å²) in [7, 11) is 0. The van der Waals surface area contributed by atoms with Gasteiger partial charge in [0, 0.05) is 0 Å². The molecule has 0 saturated heterocycles. The number of carbonyl (C=O) groups is 1. The number of aliphatic carboxylic acids is 1. The summed E-state index contributed by atoms with van der Waals surface area (Å²) in [6.07, 6.45) is 0.206. The lowest BCUT2D eigenvalue weighted by Crippen LogP contribution is -2.16. The first-order valence-electron chi connectivity index (χ1n) is 5.68. The summed E-state index contributed by atoms with van der Waals surface area (Å²) in [6.45, 7) is 0.200. The number of nitrogens with zero attached hydrogens (tertiary/aromatic N) is 2. The van der Waals surface area contributed by atoms with E-state index in [9.17, 15) is 9.90 Å². The highest BCUT2D eigenvalue weighted by atomic mass is 16.5. The van der Waals surface area contributed by atoms with Crippen LogP contribution < -0.4 is 5.73 Å². The molecule has 1 aromatic heterocycles. The Kier molecular flexibility index (Phi) is 3.76. The third-order valence-corrected chi connectivity index (χ3v) is 2.64. The smallest absolute Gasteiger partial charge is 0.316 e. The van der Waals surface area contributed by atoms with Gasteiger partial charge in [-0.15, -0.1) is 0 Å². The second-order valence-electron chi connectivity index (χ2n) is 3.94. The van der Waals surface area contributed by atoms with E-state index in [0.29, 0.717) is 5.56 Å². The monoisotopic (exact) mass is 263 g/mol. The molecular weight excluding hydrogens is 250 g/mol. The summed E-state index contributed by atoms with van der Waals surface area (Å²) in [5.41, 5.74) is 5.74. The zero-order valence-corrected chi connectivity index (χ0v) is 9.98. The molecule has 1 atom stereocenters. The molecule has 2 aromatic rings. The van der Waals surface area contributed by atoms with Crippen molar-refractivity contribution in [2.24, 2.45) is 5.73 Å². The molecule has 0 aliphatic heterocycles. The van der Waals surface area contributed by atoms with Crippen molar-refractivity contribution >= 4 is 5.97 Å². The Morgan fingerprint density at radius 2 is 2.16 bits per heavy atom. The minimum atomic E-state index is -1.07. The van der Waals surface area contributed by atoms with Crippen LogP contribution >= 0.6 is 0 Å². The van der Waals surface area contributed by atoms with Gasteiger partial charge in [0.25, 0.3) is 0 Å². The first-order valence-corrected chi connectivity index (χ1v) is 5.68. The van der Waals surface area contributed by atoms with E-state index in [2.05, 4.69) is 10.1 Å². The molecule has 0 fully saturated rings. The van der Waals surface area contributed by atoms with E-state index in [0.717, 1.165) is 0 Å². The van der Waals surface area contributed by atoms with Gasteiger partial charge in [-0.25, -0.2) is 0 Å². The van der Waals surface area contributed by atoms with Gasteiger partial charge in [0.05, 0.1) is 5.56 Å². The van der Waals surface area contributed by atoms with E-state index in [1.807, 2.05) is 0 Å². The standard InChI is InChI=1S/C12H13N3O4/c13-6-5-8(12(17)18)11-14-10(15-19-11)7-3-1-2-4-9(7)16/h1-4,8,16H,5-6,13H2,(H,17,18). The third-order valence-electron chi connectivity index (χ3n) is 2.64. The topological polar surface area (TPSA) is 122 Å². The number of phenols is 1. The molecule has 2 rings (SSSR count). The van der Waals surface area contributed by atoms with Gasteiger partial charge in [0.2, 0.25) is 11.7 Å². The fourth-order valence-electron chi connectivity index (χ4n) is 1.67. The van der Waals surface area contributed by atoms with Crippen molar-refractivity contribution in [1.82, 2.24) is 10.1 Å². The maximum Gasteiger partial charge on any atom is 0.316 e. The minimum Gasteiger partial charge on any atom is -0.507 e. The molecule has 0 aliphatic carbocycles. The van der Waals surface area contributed by atoms with Crippen LogP contribution in [0.25, 0.3) is 11.4 Å². The van der Waals surface area contributed by atoms with Crippen molar-refractivity contribution in [3.63, 3.8) is 0 Å². The summed E-state index contributed by atoms with van der Waals surface area (Å²) in [5, 5.41) is 22.4. The van der Waals surface area contributed by atoms with E-state index < -0.39 is 11.9 Å². The lowest BCUT2D eigenvalue weighted by molar-refractivity contribution is -0.139. The average Bonchev–Trinajstić information content (AvgIpc) is 2.85. The second-order valence-corrected chi connectivity index (χ2v) is 3.94. The number of phenolic OH excluding ortho intramolecular Hbond substituents is 1. The molecular formula is C12H13N3O4. The van der Waals surface area contributed by atoms with Gasteiger partial charge >= 0.3 is 5.97 Å². The Labute approximate surface area is 108 Å². The highest BCUT2D eigenvalue weighted by Gasteiger charge is 2.26. The molecule has 7 heteroatoms. The molecule has 1 heterocycles. The van der Waals surface area contributed by atoms with Crippen LogP contribution in [0.2, 0.25) is 0 Å². The van der Waals surface area contributed by atoms with Crippen molar-refractivity contribution in [2.45, 2.75) is 12.3 Å². The molecule has 0 amide bonds. The van der Waals surface area contributed by atoms with Crippen molar-refractivity contribution in [3.8, 4) is 17.1 Å². The average molecular weight is 263 g/mol. The fraction of sp³-hybridized carbons (Fsp3) is 0.250. The summed E-state index contributed by atoms with van der Waals surface area (Å²) in [4.78, 5) is 15.1. The van der Waals surface area contributed by atoms with Crippen molar-refractivity contribution < 1.29 is 19.5 Å². The van der Waals surface area contributed by atoms with E-state index in [4.69, 9.17) is 15.4 Å². The lowest BCUT2D eigenvalue weighted by Gasteiger charge is -2.04. The molecule has 0 radical (unpaired) electrons. The Balaban J connectivity index is 2.33. The summed E-state index contributed by atoms with van der Waals surface area (Å²) in [5.74, 6) is -1.87. The van der Waals surface area contributed by atoms with Gasteiger partial charge in [0.1, 0.15) is 11.7 Å². The van der Waals surface area contributed by atoms with Crippen LogP contribution in [-0.4, -0.2) is 32.9 Å². The Hall–Kier alpha value is -2.41. The number of para-hydroxylation sites is 1. The molecule has 1 aromatic carbocycles. The van der Waals surface area contributed by atoms with Crippen LogP contribution in [-0.2, 0) is 4.79 Å². The predicted molar refractivity (Wildman–Crippen MR) is 65.4 cm³/mol. The predicted octanol–water partition coefficient (Wildman–Crippen LogP) is 0.959. The fourth-order valence-corrected chi connectivity index (χ4v) is 1.67. The highest BCUT2D eigenvalue weighted by molar-refractivity contribution is 5.75. The van der Waals surface area contributed by atoms with Gasteiger partial charge in [-0.3, -0.25) is 4.79 Å². The number of hydrogen-bond donors (Lipinski definition) is 3. The van der Waals surface area contributed by atoms with Crippen LogP contribution in [0.15, 0.2) is 28.8 Å². The summed E-state index contributed by atoms with van der Waals surface area (Å²) in [6, 6.07) is 6.47. The number of carboxylic acids is 1. The third kappa shape index (κ3) is 2.71. The van der Waals surface area contributed by atoms with Crippen molar-refractivity contribution in [3.05, 3.63) is 30.2 Å². The SMILES string of the molecule is NCCC(C(=O)O)c1nc(-c2ccccc2O)no1. The normalized spacial score (nSPS) is 12.3. The number of nitrogens with two attached hydrogens (primary N) is 1. The van der Waals surface area contributed by atoms with Crippen molar-refractivity contribution in [1.29, 1.82) is 0 Å². The lowest BCUT2D eigenvalue weighted by atomic mass is 10.1. The molecule has 19 heavy (non-hydrogen) atoms. The van der Waals surface area contributed by atoms with Crippen LogP contribution in [0.3, 0.4) is 0 Å². The van der Waals surface area contributed by atoms with Crippen LogP contribution in [0.5, 0.6) is 5.75 Å². The zero-order valence-electron chi connectivity index (χ0n) is 9.98. The highest BCUT2D eigenvalue weighted by Crippen LogP contribution is 2.28. The van der Waals surface area contributed by atoms with Gasteiger partial charge < -0.3 is 20.5 Å². The number of aromatic hydroxyl groups is 1. The van der Waals surface area contributed by atoms with E-state index in [-0.39, 0.29) is 30.4 Å². The summed E-state index contributed by atoms with van der Waals surface area (Å²) >= 11 is 0. The van der Waals surface area contributed by atoms with Gasteiger partial charge in [-0.1, -0.05) is 17.3 Å². The number of carboxylic acid groups (broad SMARTS) is 1. The Morgan fingerprint density at radius 1 is 1.42 bits per heavy atom. The number of hydrogen-bond acceptors (Lipinski definition) is 6. The minimum absolute atomic E-state index is 0.000509. The number of benzene rings is 1. The van der Waals surface area contributed by atoms with Gasteiger partial charge in [0.15, 0.2) is 0 Å². The molecule has 100 valence electrons. The molecule has 7 nitrogen and oxygen atoms in total. The molecule has 4 N–H and O–H groups in total. The van der Waals surface area contributed by atoms with Gasteiger partial charge in [-0.05, 0) is 25.1 Å². The first kappa shape index (κ1) is 13.0. The Bertz CT molecular complexity index is 582. The summed E-state index contributed by atoms with van der Waals surface area (Å²) < 4.78 is 4.94. The number of rotatable bonds is 5. The quantitative estimate of drug-likeness (QED) is 0.734. The molecule has 1 unspecified atom stereocenters. The first-order chi connectivity index (χ1) is 9.13. The van der Waals surface area contributed by atoms with E-state index >= 15 is 0 Å². The van der Waals surface area contributed by atoms with Gasteiger partial charge in [-0.2, -0.15) is 4.98 Å². The van der Waals surface area contributed by atoms with Crippen LogP contribution in [0, 0.1) is 0 Å². The zero-order chi connectivity index (χ0) is 13.8. The second kappa shape index (κ2) is 5.49. The van der Waals surface area contributed by atoms with E-state index in [1.165, 1.54) is 6.07 Å².